The number of likely N-dealkylation sites (tertiary alicyclic amines) is 1. The quantitative estimate of drug-likeness (QED) is 0.774. The first-order chi connectivity index (χ1) is 12.8. The predicted octanol–water partition coefficient (Wildman–Crippen LogP) is 4.15. The summed E-state index contributed by atoms with van der Waals surface area (Å²) in [4.78, 5) is 15.0. The highest BCUT2D eigenvalue weighted by atomic mass is 35.5. The largest absolute Gasteiger partial charge is 0.489 e. The maximum Gasteiger partial charge on any atom is 0.254 e. The van der Waals surface area contributed by atoms with Crippen LogP contribution in [0.3, 0.4) is 0 Å². The van der Waals surface area contributed by atoms with Crippen LogP contribution in [-0.4, -0.2) is 37.5 Å². The first-order valence-electron chi connectivity index (χ1n) is 9.47. The number of para-hydroxylation sites is 1. The van der Waals surface area contributed by atoms with E-state index < -0.39 is 0 Å². The van der Waals surface area contributed by atoms with Crippen molar-refractivity contribution in [2.24, 2.45) is 5.92 Å². The van der Waals surface area contributed by atoms with Crippen molar-refractivity contribution in [3.63, 3.8) is 0 Å². The average molecular weight is 389 g/mol. The SMILES string of the molecule is CNCCC1CCN(C(=O)c2ccccc2COc2ccccc2)CC1.Cl. The Morgan fingerprint density at radius 2 is 1.74 bits per heavy atom. The molecule has 3 rings (SSSR count). The first-order valence-corrected chi connectivity index (χ1v) is 9.47. The van der Waals surface area contributed by atoms with Gasteiger partial charge >= 0.3 is 0 Å². The zero-order chi connectivity index (χ0) is 18.2. The van der Waals surface area contributed by atoms with Gasteiger partial charge in [-0.15, -0.1) is 12.4 Å². The Hall–Kier alpha value is -2.04. The summed E-state index contributed by atoms with van der Waals surface area (Å²) in [5.74, 6) is 1.67. The summed E-state index contributed by atoms with van der Waals surface area (Å²) in [5, 5.41) is 3.22. The lowest BCUT2D eigenvalue weighted by Gasteiger charge is -2.32. The number of rotatable bonds is 7. The minimum atomic E-state index is 0. The van der Waals surface area contributed by atoms with E-state index in [-0.39, 0.29) is 18.3 Å². The Morgan fingerprint density at radius 3 is 2.44 bits per heavy atom. The van der Waals surface area contributed by atoms with Gasteiger partial charge in [0.1, 0.15) is 12.4 Å². The first kappa shape index (κ1) is 21.3. The van der Waals surface area contributed by atoms with Crippen LogP contribution in [-0.2, 0) is 6.61 Å². The highest BCUT2D eigenvalue weighted by Crippen LogP contribution is 2.23. The van der Waals surface area contributed by atoms with Gasteiger partial charge in [0, 0.05) is 24.2 Å². The van der Waals surface area contributed by atoms with Crippen molar-refractivity contribution in [3.8, 4) is 5.75 Å². The van der Waals surface area contributed by atoms with Gasteiger partial charge in [0.15, 0.2) is 0 Å². The zero-order valence-corrected chi connectivity index (χ0v) is 16.7. The standard InChI is InChI=1S/C22H28N2O2.ClH/c1-23-14-11-18-12-15-24(16-13-18)22(25)21-10-6-5-7-19(21)17-26-20-8-3-2-4-9-20;/h2-10,18,23H,11-17H2,1H3;1H. The number of hydrogen-bond acceptors (Lipinski definition) is 3. The highest BCUT2D eigenvalue weighted by Gasteiger charge is 2.24. The molecule has 0 unspecified atom stereocenters. The highest BCUT2D eigenvalue weighted by molar-refractivity contribution is 5.95. The molecule has 0 atom stereocenters. The normalized spacial score (nSPS) is 14.5. The van der Waals surface area contributed by atoms with Crippen LogP contribution in [0, 0.1) is 5.92 Å². The van der Waals surface area contributed by atoms with E-state index in [4.69, 9.17) is 4.74 Å². The summed E-state index contributed by atoms with van der Waals surface area (Å²) >= 11 is 0. The second kappa shape index (κ2) is 11.0. The van der Waals surface area contributed by atoms with E-state index in [1.54, 1.807) is 0 Å². The molecule has 1 heterocycles. The van der Waals surface area contributed by atoms with Crippen LogP contribution in [0.1, 0.15) is 35.2 Å². The van der Waals surface area contributed by atoms with Gasteiger partial charge < -0.3 is 15.0 Å². The van der Waals surface area contributed by atoms with Crippen LogP contribution >= 0.6 is 12.4 Å². The number of carbonyl (C=O) groups is 1. The van der Waals surface area contributed by atoms with Gasteiger partial charge in [0.2, 0.25) is 0 Å². The lowest BCUT2D eigenvalue weighted by atomic mass is 9.93. The van der Waals surface area contributed by atoms with Gasteiger partial charge in [-0.2, -0.15) is 0 Å². The molecule has 0 saturated carbocycles. The Morgan fingerprint density at radius 1 is 1.07 bits per heavy atom. The summed E-state index contributed by atoms with van der Waals surface area (Å²) in [6.45, 7) is 3.16. The number of nitrogens with one attached hydrogen (secondary N) is 1. The number of ether oxygens (including phenoxy) is 1. The van der Waals surface area contributed by atoms with Crippen LogP contribution < -0.4 is 10.1 Å². The minimum absolute atomic E-state index is 0. The van der Waals surface area contributed by atoms with Crippen LogP contribution in [0.2, 0.25) is 0 Å². The fourth-order valence-electron chi connectivity index (χ4n) is 3.48. The molecule has 0 aliphatic carbocycles. The molecule has 0 spiro atoms. The van der Waals surface area contributed by atoms with Gasteiger partial charge in [-0.1, -0.05) is 36.4 Å². The number of halogens is 1. The summed E-state index contributed by atoms with van der Waals surface area (Å²) in [6.07, 6.45) is 3.38. The van der Waals surface area contributed by atoms with E-state index in [2.05, 4.69) is 5.32 Å². The van der Waals surface area contributed by atoms with Crippen LogP contribution in [0.4, 0.5) is 0 Å². The van der Waals surface area contributed by atoms with E-state index in [0.717, 1.165) is 55.3 Å². The maximum absolute atomic E-state index is 13.0. The molecule has 1 amide bonds. The molecule has 146 valence electrons. The van der Waals surface area contributed by atoms with Crippen LogP contribution in [0.25, 0.3) is 0 Å². The second-order valence-electron chi connectivity index (χ2n) is 6.89. The van der Waals surface area contributed by atoms with Gasteiger partial charge in [-0.25, -0.2) is 0 Å². The third-order valence-corrected chi connectivity index (χ3v) is 5.09. The second-order valence-corrected chi connectivity index (χ2v) is 6.89. The molecule has 1 aliphatic rings. The van der Waals surface area contributed by atoms with E-state index in [9.17, 15) is 4.79 Å². The average Bonchev–Trinajstić information content (AvgIpc) is 2.71. The van der Waals surface area contributed by atoms with E-state index in [1.165, 1.54) is 6.42 Å². The predicted molar refractivity (Wildman–Crippen MR) is 112 cm³/mol. The fourth-order valence-corrected chi connectivity index (χ4v) is 3.48. The molecular formula is C22H29ClN2O2. The lowest BCUT2D eigenvalue weighted by Crippen LogP contribution is -2.39. The molecule has 0 aromatic heterocycles. The van der Waals surface area contributed by atoms with Crippen molar-refractivity contribution in [1.29, 1.82) is 0 Å². The van der Waals surface area contributed by atoms with Crippen molar-refractivity contribution in [1.82, 2.24) is 10.2 Å². The molecule has 0 radical (unpaired) electrons. The topological polar surface area (TPSA) is 41.6 Å². The Labute approximate surface area is 168 Å². The van der Waals surface area contributed by atoms with Crippen molar-refractivity contribution >= 4 is 18.3 Å². The third kappa shape index (κ3) is 5.98. The number of nitrogens with zero attached hydrogens (tertiary/aromatic N) is 1. The van der Waals surface area contributed by atoms with Crippen molar-refractivity contribution in [3.05, 3.63) is 65.7 Å². The molecule has 2 aromatic rings. The molecule has 1 saturated heterocycles. The van der Waals surface area contributed by atoms with Gasteiger partial charge in [-0.3, -0.25) is 4.79 Å². The van der Waals surface area contributed by atoms with Crippen LogP contribution in [0.15, 0.2) is 54.6 Å². The fraction of sp³-hybridized carbons (Fsp3) is 0.409. The van der Waals surface area contributed by atoms with Gasteiger partial charge in [-0.05, 0) is 57.0 Å². The number of benzene rings is 2. The van der Waals surface area contributed by atoms with Gasteiger partial charge in [0.05, 0.1) is 0 Å². The number of amides is 1. The monoisotopic (exact) mass is 388 g/mol. The zero-order valence-electron chi connectivity index (χ0n) is 15.9. The molecule has 2 aromatic carbocycles. The minimum Gasteiger partial charge on any atom is -0.489 e. The smallest absolute Gasteiger partial charge is 0.254 e. The number of hydrogen-bond donors (Lipinski definition) is 1. The molecule has 0 bridgehead atoms. The molecule has 5 heteroatoms. The Bertz CT molecular complexity index is 700. The van der Waals surface area contributed by atoms with Gasteiger partial charge in [0.25, 0.3) is 5.91 Å². The molecule has 4 nitrogen and oxygen atoms in total. The summed E-state index contributed by atoms with van der Waals surface area (Å²) in [5.41, 5.74) is 1.70. The molecule has 1 fully saturated rings. The summed E-state index contributed by atoms with van der Waals surface area (Å²) < 4.78 is 5.85. The van der Waals surface area contributed by atoms with Crippen molar-refractivity contribution in [2.45, 2.75) is 25.9 Å². The third-order valence-electron chi connectivity index (χ3n) is 5.09. The molecule has 27 heavy (non-hydrogen) atoms. The molecule has 1 aliphatic heterocycles. The molecule has 1 N–H and O–H groups in total. The summed E-state index contributed by atoms with van der Waals surface area (Å²) in [7, 11) is 1.99. The van der Waals surface area contributed by atoms with E-state index >= 15 is 0 Å². The van der Waals surface area contributed by atoms with Crippen molar-refractivity contribution < 1.29 is 9.53 Å². The summed E-state index contributed by atoms with van der Waals surface area (Å²) in [6, 6.07) is 17.5. The Balaban J connectivity index is 0.00000261. The maximum atomic E-state index is 13.0. The number of piperidine rings is 1. The van der Waals surface area contributed by atoms with Crippen molar-refractivity contribution in [2.75, 3.05) is 26.7 Å². The van der Waals surface area contributed by atoms with Crippen LogP contribution in [0.5, 0.6) is 5.75 Å². The Kier molecular flexibility index (Phi) is 8.62. The lowest BCUT2D eigenvalue weighted by molar-refractivity contribution is 0.0684. The number of carbonyl (C=O) groups excluding carboxylic acids is 1. The molecular weight excluding hydrogens is 360 g/mol. The van der Waals surface area contributed by atoms with E-state index in [0.29, 0.717) is 6.61 Å². The van der Waals surface area contributed by atoms with E-state index in [1.807, 2.05) is 66.5 Å².